The molecule has 0 aliphatic heterocycles. The highest BCUT2D eigenvalue weighted by Crippen LogP contribution is 2.19. The minimum Gasteiger partial charge on any atom is -0.743 e. The van der Waals surface area contributed by atoms with Crippen LogP contribution in [0.2, 0.25) is 0 Å². The Morgan fingerprint density at radius 3 is 2.31 bits per heavy atom. The standard InChI is InChI=1S/C5H9F2NO4S/c1-2-3-8-4(9)5(6,7)13(10,11)12/h2-3H2,1H3,(H,8,9)(H,10,11,12)/p-1. The molecular weight excluding hydrogens is 208 g/mol. The van der Waals surface area contributed by atoms with Gasteiger partial charge in [-0.05, 0) is 6.42 Å². The molecule has 0 spiro atoms. The Hall–Kier alpha value is -0.760. The fourth-order valence-corrected chi connectivity index (χ4v) is 0.754. The third kappa shape index (κ3) is 2.88. The first-order chi connectivity index (χ1) is 5.73. The molecule has 78 valence electrons. The molecule has 0 saturated carbocycles. The summed E-state index contributed by atoms with van der Waals surface area (Å²) in [4.78, 5) is 10.4. The van der Waals surface area contributed by atoms with Crippen LogP contribution in [0.1, 0.15) is 13.3 Å². The monoisotopic (exact) mass is 216 g/mol. The predicted octanol–water partition coefficient (Wildman–Crippen LogP) is -0.349. The zero-order chi connectivity index (χ0) is 10.7. The number of halogens is 2. The first-order valence-electron chi connectivity index (χ1n) is 3.35. The highest BCUT2D eigenvalue weighted by Gasteiger charge is 2.46. The van der Waals surface area contributed by atoms with Gasteiger partial charge in [-0.15, -0.1) is 0 Å². The average molecular weight is 216 g/mol. The number of rotatable bonds is 4. The Kier molecular flexibility index (Phi) is 3.73. The molecule has 0 saturated heterocycles. The number of carbonyl (C=O) groups excluding carboxylic acids is 1. The highest BCUT2D eigenvalue weighted by atomic mass is 32.2. The second kappa shape index (κ2) is 3.97. The number of hydrogen-bond acceptors (Lipinski definition) is 4. The summed E-state index contributed by atoms with van der Waals surface area (Å²) in [5, 5.41) is -3.28. The van der Waals surface area contributed by atoms with Crippen LogP contribution in [0.5, 0.6) is 0 Å². The SMILES string of the molecule is CCCNC(=O)C(F)(F)S(=O)(=O)[O-]. The molecule has 0 atom stereocenters. The summed E-state index contributed by atoms with van der Waals surface area (Å²) in [5.41, 5.74) is 0. The highest BCUT2D eigenvalue weighted by molar-refractivity contribution is 7.87. The van der Waals surface area contributed by atoms with E-state index in [0.29, 0.717) is 6.42 Å². The van der Waals surface area contributed by atoms with Crippen molar-refractivity contribution in [2.24, 2.45) is 0 Å². The first kappa shape index (κ1) is 12.2. The summed E-state index contributed by atoms with van der Waals surface area (Å²) >= 11 is 0. The van der Waals surface area contributed by atoms with Crippen molar-refractivity contribution in [3.63, 3.8) is 0 Å². The van der Waals surface area contributed by atoms with Crippen molar-refractivity contribution in [2.45, 2.75) is 18.6 Å². The summed E-state index contributed by atoms with van der Waals surface area (Å²) < 4.78 is 54.3. The Bertz CT molecular complexity index is 287. The molecule has 8 heteroatoms. The van der Waals surface area contributed by atoms with E-state index in [4.69, 9.17) is 0 Å². The number of alkyl halides is 2. The third-order valence-electron chi connectivity index (χ3n) is 1.11. The minimum atomic E-state index is -5.93. The van der Waals surface area contributed by atoms with E-state index in [1.54, 1.807) is 12.2 Å². The van der Waals surface area contributed by atoms with Gasteiger partial charge in [0.25, 0.3) is 0 Å². The van der Waals surface area contributed by atoms with Crippen LogP contribution < -0.4 is 5.32 Å². The van der Waals surface area contributed by atoms with E-state index in [0.717, 1.165) is 0 Å². The summed E-state index contributed by atoms with van der Waals surface area (Å²) in [6.07, 6.45) is 0.362. The van der Waals surface area contributed by atoms with Crippen molar-refractivity contribution < 1.29 is 26.5 Å². The molecule has 0 aromatic heterocycles. The molecule has 0 aliphatic rings. The molecule has 13 heavy (non-hydrogen) atoms. The van der Waals surface area contributed by atoms with Crippen LogP contribution in [-0.4, -0.2) is 30.7 Å². The van der Waals surface area contributed by atoms with Gasteiger partial charge in [-0.1, -0.05) is 6.92 Å². The van der Waals surface area contributed by atoms with Crippen molar-refractivity contribution in [1.82, 2.24) is 5.32 Å². The van der Waals surface area contributed by atoms with Crippen LogP contribution in [0, 0.1) is 0 Å². The second-order valence-electron chi connectivity index (χ2n) is 2.23. The summed E-state index contributed by atoms with van der Waals surface area (Å²) in [6.45, 7) is 1.48. The van der Waals surface area contributed by atoms with Crippen molar-refractivity contribution >= 4 is 16.0 Å². The van der Waals surface area contributed by atoms with Crippen LogP contribution in [0.3, 0.4) is 0 Å². The smallest absolute Gasteiger partial charge is 0.410 e. The summed E-state index contributed by atoms with van der Waals surface area (Å²) in [5.74, 6) is -2.08. The zero-order valence-electron chi connectivity index (χ0n) is 6.71. The van der Waals surface area contributed by atoms with Gasteiger partial charge in [-0.3, -0.25) is 4.79 Å². The van der Waals surface area contributed by atoms with Crippen molar-refractivity contribution in [3.8, 4) is 0 Å². The number of hydrogen-bond donors (Lipinski definition) is 1. The number of carbonyl (C=O) groups is 1. The van der Waals surface area contributed by atoms with Gasteiger partial charge in [0.2, 0.25) is 0 Å². The van der Waals surface area contributed by atoms with Gasteiger partial charge in [0.1, 0.15) is 0 Å². The molecular formula is C5H8F2NO4S-. The topological polar surface area (TPSA) is 86.3 Å². The van der Waals surface area contributed by atoms with Crippen LogP contribution in [0.4, 0.5) is 8.78 Å². The minimum absolute atomic E-state index is 0.107. The molecule has 0 unspecified atom stereocenters. The van der Waals surface area contributed by atoms with E-state index in [-0.39, 0.29) is 6.54 Å². The van der Waals surface area contributed by atoms with E-state index in [1.807, 2.05) is 0 Å². The molecule has 0 rings (SSSR count). The maximum absolute atomic E-state index is 12.3. The van der Waals surface area contributed by atoms with Crippen LogP contribution in [-0.2, 0) is 14.9 Å². The van der Waals surface area contributed by atoms with E-state index >= 15 is 0 Å². The molecule has 1 N–H and O–H groups in total. The van der Waals surface area contributed by atoms with Gasteiger partial charge >= 0.3 is 11.2 Å². The Labute approximate surface area is 73.9 Å². The lowest BCUT2D eigenvalue weighted by atomic mass is 10.5. The van der Waals surface area contributed by atoms with E-state index < -0.39 is 21.3 Å². The lowest BCUT2D eigenvalue weighted by molar-refractivity contribution is -0.136. The van der Waals surface area contributed by atoms with Crippen molar-refractivity contribution in [3.05, 3.63) is 0 Å². The fourth-order valence-electron chi connectivity index (χ4n) is 0.455. The second-order valence-corrected chi connectivity index (χ2v) is 3.65. The molecule has 0 aromatic carbocycles. The van der Waals surface area contributed by atoms with E-state index in [1.165, 1.54) is 0 Å². The van der Waals surface area contributed by atoms with Gasteiger partial charge in [0, 0.05) is 6.54 Å². The summed E-state index contributed by atoms with van der Waals surface area (Å²) in [6, 6.07) is 0. The average Bonchev–Trinajstić information content (AvgIpc) is 1.97. The Morgan fingerprint density at radius 1 is 1.54 bits per heavy atom. The largest absolute Gasteiger partial charge is 0.743 e. The van der Waals surface area contributed by atoms with Crippen molar-refractivity contribution in [2.75, 3.05) is 6.54 Å². The van der Waals surface area contributed by atoms with Gasteiger partial charge in [-0.25, -0.2) is 8.42 Å². The zero-order valence-corrected chi connectivity index (χ0v) is 7.53. The molecule has 0 radical (unpaired) electrons. The molecule has 0 bridgehead atoms. The molecule has 0 aliphatic carbocycles. The number of amides is 1. The van der Waals surface area contributed by atoms with E-state index in [9.17, 15) is 26.5 Å². The predicted molar refractivity (Wildman–Crippen MR) is 37.9 cm³/mol. The third-order valence-corrected chi connectivity index (χ3v) is 1.93. The van der Waals surface area contributed by atoms with Gasteiger partial charge in [0.05, 0.1) is 0 Å². The van der Waals surface area contributed by atoms with Crippen LogP contribution in [0.25, 0.3) is 0 Å². The molecule has 0 heterocycles. The maximum atomic E-state index is 12.3. The van der Waals surface area contributed by atoms with Gasteiger partial charge in [-0.2, -0.15) is 8.78 Å². The first-order valence-corrected chi connectivity index (χ1v) is 4.76. The Morgan fingerprint density at radius 2 is 2.00 bits per heavy atom. The Balaban J connectivity index is 4.57. The molecule has 0 fully saturated rings. The normalized spacial score (nSPS) is 12.6. The fraction of sp³-hybridized carbons (Fsp3) is 0.800. The summed E-state index contributed by atoms with van der Waals surface area (Å²) in [7, 11) is -5.93. The van der Waals surface area contributed by atoms with Gasteiger partial charge < -0.3 is 9.87 Å². The molecule has 5 nitrogen and oxygen atoms in total. The van der Waals surface area contributed by atoms with Crippen LogP contribution in [0.15, 0.2) is 0 Å². The molecule has 1 amide bonds. The quantitative estimate of drug-likeness (QED) is 0.651. The van der Waals surface area contributed by atoms with Gasteiger partial charge in [0.15, 0.2) is 10.1 Å². The lowest BCUT2D eigenvalue weighted by Gasteiger charge is -2.18. The van der Waals surface area contributed by atoms with E-state index in [2.05, 4.69) is 0 Å². The van der Waals surface area contributed by atoms with Crippen molar-refractivity contribution in [1.29, 1.82) is 0 Å². The lowest BCUT2D eigenvalue weighted by Crippen LogP contribution is -2.45. The maximum Gasteiger partial charge on any atom is 0.410 e. The molecule has 0 aromatic rings. The number of nitrogens with one attached hydrogen (secondary N) is 1. The van der Waals surface area contributed by atoms with Crippen LogP contribution >= 0.6 is 0 Å².